The number of methoxy groups -OCH3 is 1. The summed E-state index contributed by atoms with van der Waals surface area (Å²) in [5, 5.41) is 9.48. The second-order valence-corrected chi connectivity index (χ2v) is 10.1. The van der Waals surface area contributed by atoms with Crippen molar-refractivity contribution in [3.8, 4) is 5.75 Å². The normalized spacial score (nSPS) is 11.4. The van der Waals surface area contributed by atoms with Crippen LogP contribution in [0.15, 0.2) is 36.4 Å². The Kier molecular flexibility index (Phi) is 9.67. The number of carbonyl (C=O) groups excluding carboxylic acids is 3. The van der Waals surface area contributed by atoms with E-state index in [0.29, 0.717) is 29.0 Å². The van der Waals surface area contributed by atoms with Gasteiger partial charge >= 0.3 is 6.18 Å². The van der Waals surface area contributed by atoms with Gasteiger partial charge in [0.1, 0.15) is 17.0 Å². The fourth-order valence-corrected chi connectivity index (χ4v) is 4.70. The first-order chi connectivity index (χ1) is 20.8. The number of anilines is 1. The number of benzene rings is 2. The quantitative estimate of drug-likeness (QED) is 0.170. The van der Waals surface area contributed by atoms with E-state index in [1.165, 1.54) is 40.7 Å². The summed E-state index contributed by atoms with van der Waals surface area (Å²) in [6.07, 6.45) is -4.38. The molecule has 2 aromatic heterocycles. The number of imidazole rings is 1. The molecule has 4 rings (SSSR count). The van der Waals surface area contributed by atoms with Crippen LogP contribution in [0.25, 0.3) is 11.0 Å². The molecule has 5 N–H and O–H groups in total. The highest BCUT2D eigenvalue weighted by atomic mass is 35.5. The van der Waals surface area contributed by atoms with Crippen LogP contribution in [0.4, 0.5) is 19.1 Å². The minimum Gasteiger partial charge on any atom is -0.494 e. The lowest BCUT2D eigenvalue weighted by atomic mass is 10.1. The van der Waals surface area contributed by atoms with Crippen molar-refractivity contribution in [1.82, 2.24) is 24.8 Å². The summed E-state index contributed by atoms with van der Waals surface area (Å²) in [7, 11) is 1.40. The third kappa shape index (κ3) is 7.22. The van der Waals surface area contributed by atoms with Crippen LogP contribution in [0.2, 0.25) is 5.02 Å². The van der Waals surface area contributed by atoms with Gasteiger partial charge in [-0.15, -0.1) is 0 Å². The molecule has 0 bridgehead atoms. The predicted octanol–water partition coefficient (Wildman–Crippen LogP) is 4.23. The number of amides is 3. The van der Waals surface area contributed by atoms with E-state index < -0.39 is 29.5 Å². The number of aryl methyl sites for hydroxylation is 2. The number of fused-ring (bicyclic) bond motifs is 1. The molecule has 0 radical (unpaired) electrons. The van der Waals surface area contributed by atoms with Crippen molar-refractivity contribution >= 4 is 46.3 Å². The first-order valence-corrected chi connectivity index (χ1v) is 13.8. The Morgan fingerprint density at radius 2 is 1.89 bits per heavy atom. The van der Waals surface area contributed by atoms with Crippen LogP contribution in [-0.2, 0) is 24.1 Å². The van der Waals surface area contributed by atoms with Crippen LogP contribution < -0.4 is 26.5 Å². The maximum atomic E-state index is 13.4. The van der Waals surface area contributed by atoms with Crippen molar-refractivity contribution in [2.75, 3.05) is 24.4 Å². The van der Waals surface area contributed by atoms with Gasteiger partial charge in [-0.2, -0.15) is 18.3 Å². The Hall–Kier alpha value is -4.79. The molecule has 0 aliphatic carbocycles. The van der Waals surface area contributed by atoms with Crippen LogP contribution in [0.5, 0.6) is 5.75 Å². The number of hydrogen-bond acceptors (Lipinski definition) is 7. The summed E-state index contributed by atoms with van der Waals surface area (Å²) in [6, 6.07) is 7.88. The Bertz CT molecular complexity index is 1720. The number of alkyl halides is 3. The minimum atomic E-state index is -4.62. The number of hydrogen-bond donors (Lipinski definition) is 4. The Morgan fingerprint density at radius 1 is 1.14 bits per heavy atom. The molecular formula is C28H30ClF3N8O4. The van der Waals surface area contributed by atoms with E-state index >= 15 is 0 Å². The van der Waals surface area contributed by atoms with Crippen LogP contribution >= 0.6 is 11.6 Å². The first-order valence-electron chi connectivity index (χ1n) is 13.4. The molecule has 3 amide bonds. The Morgan fingerprint density at radius 3 is 2.55 bits per heavy atom. The number of nitrogens with one attached hydrogen (secondary N) is 3. The zero-order chi connectivity index (χ0) is 32.2. The monoisotopic (exact) mass is 634 g/mol. The molecule has 0 spiro atoms. The van der Waals surface area contributed by atoms with Crippen molar-refractivity contribution in [3.63, 3.8) is 0 Å². The number of nitrogens with zero attached hydrogens (tertiary/aromatic N) is 4. The van der Waals surface area contributed by atoms with E-state index in [9.17, 15) is 27.6 Å². The van der Waals surface area contributed by atoms with E-state index in [0.717, 1.165) is 6.07 Å². The molecular weight excluding hydrogens is 605 g/mol. The fourth-order valence-electron chi connectivity index (χ4n) is 4.53. The molecule has 234 valence electrons. The van der Waals surface area contributed by atoms with Crippen molar-refractivity contribution in [3.05, 3.63) is 69.5 Å². The summed E-state index contributed by atoms with van der Waals surface area (Å²) in [5.74, 6) is -1.34. The van der Waals surface area contributed by atoms with Crippen LogP contribution in [0, 0.1) is 6.92 Å². The molecule has 0 fully saturated rings. The molecule has 44 heavy (non-hydrogen) atoms. The number of ether oxygens (including phenoxy) is 1. The van der Waals surface area contributed by atoms with E-state index in [1.807, 2.05) is 6.92 Å². The molecule has 2 heterocycles. The lowest BCUT2D eigenvalue weighted by Gasteiger charge is -2.15. The molecule has 4 aromatic rings. The molecule has 2 aromatic carbocycles. The van der Waals surface area contributed by atoms with Crippen molar-refractivity contribution in [2.45, 2.75) is 46.0 Å². The number of rotatable bonds is 12. The topological polar surface area (TPSA) is 158 Å². The van der Waals surface area contributed by atoms with Gasteiger partial charge in [0.15, 0.2) is 0 Å². The average molecular weight is 635 g/mol. The number of nitrogens with two attached hydrogens (primary N) is 1. The van der Waals surface area contributed by atoms with Crippen LogP contribution in [0.3, 0.4) is 0 Å². The number of carbonyl (C=O) groups is 3. The summed E-state index contributed by atoms with van der Waals surface area (Å²) < 4.78 is 48.5. The largest absolute Gasteiger partial charge is 0.494 e. The van der Waals surface area contributed by atoms with E-state index in [1.54, 1.807) is 13.0 Å². The third-order valence-electron chi connectivity index (χ3n) is 6.58. The summed E-state index contributed by atoms with van der Waals surface area (Å²) in [6.45, 7) is 3.92. The average Bonchev–Trinajstić information content (AvgIpc) is 3.52. The smallest absolute Gasteiger partial charge is 0.416 e. The van der Waals surface area contributed by atoms with Gasteiger partial charge in [0.2, 0.25) is 17.8 Å². The van der Waals surface area contributed by atoms with Crippen LogP contribution in [0.1, 0.15) is 57.4 Å². The summed E-state index contributed by atoms with van der Waals surface area (Å²) >= 11 is 5.72. The van der Waals surface area contributed by atoms with Crippen molar-refractivity contribution in [2.24, 2.45) is 5.73 Å². The second-order valence-electron chi connectivity index (χ2n) is 9.71. The lowest BCUT2D eigenvalue weighted by Crippen LogP contribution is -2.26. The van der Waals surface area contributed by atoms with Gasteiger partial charge in [-0.3, -0.25) is 24.4 Å². The second kappa shape index (κ2) is 13.2. The molecule has 0 saturated carbocycles. The van der Waals surface area contributed by atoms with Gasteiger partial charge < -0.3 is 21.2 Å². The highest BCUT2D eigenvalue weighted by Crippen LogP contribution is 2.34. The zero-order valence-corrected chi connectivity index (χ0v) is 24.8. The standard InChI is InChI=1S/C28H30ClF3N8O4/c1-4-39-21(10-15(2)38-39)26(43)37-27-36-20-11-17(25(33)42)12-22(44-3)24(20)40(27)35-9-5-6-23(41)34-14-16-7-8-18(29)13-19(16)28(30,31)32/h7-8,10-13,35H,4-6,9,14H2,1-3H3,(H2,33,42)(H,34,41)(H,36,37,43). The molecule has 0 atom stereocenters. The van der Waals surface area contributed by atoms with Gasteiger partial charge in [-0.05, 0) is 56.2 Å². The zero-order valence-electron chi connectivity index (χ0n) is 24.0. The maximum Gasteiger partial charge on any atom is 0.416 e. The fraction of sp³-hybridized carbons (Fsp3) is 0.321. The first kappa shape index (κ1) is 32.1. The van der Waals surface area contributed by atoms with E-state index in [-0.39, 0.29) is 53.8 Å². The van der Waals surface area contributed by atoms with Crippen molar-refractivity contribution < 1.29 is 32.3 Å². The molecule has 12 nitrogen and oxygen atoms in total. The van der Waals surface area contributed by atoms with Gasteiger partial charge in [0.25, 0.3) is 5.91 Å². The Labute approximate surface area is 254 Å². The number of halogens is 4. The number of primary amides is 1. The molecule has 0 aliphatic heterocycles. The molecule has 0 unspecified atom stereocenters. The molecule has 0 aliphatic rings. The highest BCUT2D eigenvalue weighted by molar-refractivity contribution is 6.30. The minimum absolute atomic E-state index is 0.0197. The van der Waals surface area contributed by atoms with Crippen LogP contribution in [-0.4, -0.2) is 50.8 Å². The predicted molar refractivity (Wildman–Crippen MR) is 157 cm³/mol. The molecule has 0 saturated heterocycles. The SMILES string of the molecule is CCn1nc(C)cc1C(=O)Nc1nc2cc(C(N)=O)cc(OC)c2n1NCCCC(=O)NCc1ccc(Cl)cc1C(F)(F)F. The van der Waals surface area contributed by atoms with E-state index in [4.69, 9.17) is 22.1 Å². The molecule has 16 heteroatoms. The van der Waals surface area contributed by atoms with E-state index in [2.05, 4.69) is 26.1 Å². The third-order valence-corrected chi connectivity index (χ3v) is 6.82. The highest BCUT2D eigenvalue weighted by Gasteiger charge is 2.33. The van der Waals surface area contributed by atoms with Crippen molar-refractivity contribution in [1.29, 1.82) is 0 Å². The summed E-state index contributed by atoms with van der Waals surface area (Å²) in [4.78, 5) is 42.0. The maximum absolute atomic E-state index is 13.4. The summed E-state index contributed by atoms with van der Waals surface area (Å²) in [5.41, 5.74) is 9.31. The lowest BCUT2D eigenvalue weighted by molar-refractivity contribution is -0.138. The van der Waals surface area contributed by atoms with Gasteiger partial charge in [0, 0.05) is 36.6 Å². The number of aromatic nitrogens is 4. The Balaban J connectivity index is 1.50. The van der Waals surface area contributed by atoms with Gasteiger partial charge in [-0.1, -0.05) is 17.7 Å². The van der Waals surface area contributed by atoms with Gasteiger partial charge in [0.05, 0.1) is 23.9 Å². The van der Waals surface area contributed by atoms with Gasteiger partial charge in [-0.25, -0.2) is 9.66 Å².